The van der Waals surface area contributed by atoms with Gasteiger partial charge in [-0.2, -0.15) is 0 Å². The van der Waals surface area contributed by atoms with Crippen LogP contribution in [-0.2, 0) is 14.7 Å². The van der Waals surface area contributed by atoms with Crippen LogP contribution in [0.1, 0.15) is 23.1 Å². The first-order valence-corrected chi connectivity index (χ1v) is 7.13. The smallest absolute Gasteiger partial charge is 0.268 e. The summed E-state index contributed by atoms with van der Waals surface area (Å²) in [6, 6.07) is 2.52. The molecule has 0 radical (unpaired) electrons. The Balaban J connectivity index is 3.36. The molecule has 9 heteroatoms. The van der Waals surface area contributed by atoms with Crippen LogP contribution < -0.4 is 11.5 Å². The van der Waals surface area contributed by atoms with E-state index >= 15 is 0 Å². The van der Waals surface area contributed by atoms with Gasteiger partial charge in [-0.1, -0.05) is 5.16 Å². The van der Waals surface area contributed by atoms with Crippen molar-refractivity contribution >= 4 is 21.6 Å². The highest BCUT2D eigenvalue weighted by atomic mass is 32.2. The summed E-state index contributed by atoms with van der Waals surface area (Å²) in [7, 11) is -3.61. The second-order valence-electron chi connectivity index (χ2n) is 3.57. The van der Waals surface area contributed by atoms with Crippen LogP contribution in [0.4, 0.5) is 0 Å². The van der Waals surface area contributed by atoms with E-state index in [1.54, 1.807) is 6.92 Å². The number of hydrogen-bond acceptors (Lipinski definition) is 6. The Morgan fingerprint density at radius 1 is 1.42 bits per heavy atom. The van der Waals surface area contributed by atoms with E-state index in [4.69, 9.17) is 16.3 Å². The lowest BCUT2D eigenvalue weighted by Gasteiger charge is -2.06. The van der Waals surface area contributed by atoms with Crippen molar-refractivity contribution in [1.29, 1.82) is 0 Å². The van der Waals surface area contributed by atoms with E-state index in [1.807, 2.05) is 0 Å². The van der Waals surface area contributed by atoms with Crippen molar-refractivity contribution in [3.8, 4) is 0 Å². The Morgan fingerprint density at radius 3 is 2.53 bits per heavy atom. The van der Waals surface area contributed by atoms with Gasteiger partial charge >= 0.3 is 0 Å². The molecule has 1 aromatic heterocycles. The van der Waals surface area contributed by atoms with Gasteiger partial charge in [0.25, 0.3) is 5.91 Å². The van der Waals surface area contributed by atoms with Gasteiger partial charge in [0, 0.05) is 6.26 Å². The number of sulfone groups is 1. The first-order valence-electron chi connectivity index (χ1n) is 5.24. The lowest BCUT2D eigenvalue weighted by atomic mass is 10.3. The number of pyridine rings is 1. The van der Waals surface area contributed by atoms with Crippen molar-refractivity contribution in [2.75, 3.05) is 12.9 Å². The molecule has 0 aromatic carbocycles. The Kier molecular flexibility index (Phi) is 4.43. The molecule has 0 saturated carbocycles. The van der Waals surface area contributed by atoms with Gasteiger partial charge in [0.2, 0.25) is 0 Å². The van der Waals surface area contributed by atoms with Gasteiger partial charge in [-0.3, -0.25) is 4.79 Å². The Hall–Kier alpha value is -2.16. The van der Waals surface area contributed by atoms with E-state index in [2.05, 4.69) is 10.1 Å². The van der Waals surface area contributed by atoms with Gasteiger partial charge in [-0.25, -0.2) is 13.4 Å². The monoisotopic (exact) mass is 286 g/mol. The van der Waals surface area contributed by atoms with Crippen LogP contribution in [-0.4, -0.2) is 38.0 Å². The zero-order valence-corrected chi connectivity index (χ0v) is 11.3. The SMILES string of the molecule is CCO/N=C(\N)c1ccc(S(C)(=O)=O)c(C(N)=O)n1. The standard InChI is InChI=1S/C10H14N4O4S/c1-3-18-14-9(11)6-4-5-7(19(2,16)17)8(13-6)10(12)15/h4-5H,3H2,1-2H3,(H2,11,14)(H2,12,15). The van der Waals surface area contributed by atoms with Crippen LogP contribution in [0.25, 0.3) is 0 Å². The molecule has 8 nitrogen and oxygen atoms in total. The molecule has 1 rings (SSSR count). The molecule has 19 heavy (non-hydrogen) atoms. The number of hydrogen-bond donors (Lipinski definition) is 2. The van der Waals surface area contributed by atoms with Crippen LogP contribution in [0.3, 0.4) is 0 Å². The minimum Gasteiger partial charge on any atom is -0.394 e. The summed E-state index contributed by atoms with van der Waals surface area (Å²) in [4.78, 5) is 19.5. The van der Waals surface area contributed by atoms with E-state index in [1.165, 1.54) is 12.1 Å². The van der Waals surface area contributed by atoms with E-state index in [0.717, 1.165) is 6.26 Å². The van der Waals surface area contributed by atoms with Crippen LogP contribution >= 0.6 is 0 Å². The Labute approximate surface area is 110 Å². The number of carbonyl (C=O) groups is 1. The normalized spacial score (nSPS) is 12.2. The third kappa shape index (κ3) is 3.65. The molecule has 0 bridgehead atoms. The van der Waals surface area contributed by atoms with E-state index < -0.39 is 15.7 Å². The van der Waals surface area contributed by atoms with Crippen LogP contribution in [0.2, 0.25) is 0 Å². The lowest BCUT2D eigenvalue weighted by Crippen LogP contribution is -2.22. The van der Waals surface area contributed by atoms with Gasteiger partial charge < -0.3 is 16.3 Å². The molecule has 4 N–H and O–H groups in total. The van der Waals surface area contributed by atoms with Crippen molar-refractivity contribution in [1.82, 2.24) is 4.98 Å². The number of nitrogens with zero attached hydrogens (tertiary/aromatic N) is 2. The third-order valence-electron chi connectivity index (χ3n) is 2.05. The number of nitrogens with two attached hydrogens (primary N) is 2. The maximum Gasteiger partial charge on any atom is 0.268 e. The summed E-state index contributed by atoms with van der Waals surface area (Å²) >= 11 is 0. The second-order valence-corrected chi connectivity index (χ2v) is 5.56. The van der Waals surface area contributed by atoms with Crippen LogP contribution in [0, 0.1) is 0 Å². The average molecular weight is 286 g/mol. The number of carbonyl (C=O) groups excluding carboxylic acids is 1. The fourth-order valence-corrected chi connectivity index (χ4v) is 2.06. The van der Waals surface area contributed by atoms with Crippen molar-refractivity contribution < 1.29 is 18.0 Å². The fourth-order valence-electron chi connectivity index (χ4n) is 1.25. The quantitative estimate of drug-likeness (QED) is 0.414. The first kappa shape index (κ1) is 14.9. The maximum absolute atomic E-state index is 11.5. The van der Waals surface area contributed by atoms with Gasteiger partial charge in [-0.15, -0.1) is 0 Å². The molecule has 1 heterocycles. The van der Waals surface area contributed by atoms with E-state index in [9.17, 15) is 13.2 Å². The fraction of sp³-hybridized carbons (Fsp3) is 0.300. The van der Waals surface area contributed by atoms with Crippen LogP contribution in [0.5, 0.6) is 0 Å². The van der Waals surface area contributed by atoms with Gasteiger partial charge in [-0.05, 0) is 19.1 Å². The largest absolute Gasteiger partial charge is 0.394 e. The van der Waals surface area contributed by atoms with Gasteiger partial charge in [0.05, 0.1) is 4.90 Å². The summed E-state index contributed by atoms with van der Waals surface area (Å²) in [5, 5.41) is 3.54. The molecule has 1 aromatic rings. The summed E-state index contributed by atoms with van der Waals surface area (Å²) in [6.45, 7) is 2.02. The molecular weight excluding hydrogens is 272 g/mol. The predicted molar refractivity (Wildman–Crippen MR) is 68.2 cm³/mol. The average Bonchev–Trinajstić information content (AvgIpc) is 2.34. The number of oxime groups is 1. The number of primary amides is 1. The highest BCUT2D eigenvalue weighted by Crippen LogP contribution is 2.14. The molecular formula is C10H14N4O4S. The highest BCUT2D eigenvalue weighted by molar-refractivity contribution is 7.90. The van der Waals surface area contributed by atoms with Gasteiger partial charge in [0.15, 0.2) is 15.7 Å². The molecule has 0 spiro atoms. The van der Waals surface area contributed by atoms with E-state index in [-0.39, 0.29) is 22.1 Å². The molecule has 104 valence electrons. The zero-order valence-electron chi connectivity index (χ0n) is 10.5. The summed E-state index contributed by atoms with van der Waals surface area (Å²) in [5.41, 5.74) is 10.4. The number of aromatic nitrogens is 1. The molecule has 0 unspecified atom stereocenters. The molecule has 1 amide bonds. The molecule has 0 atom stereocenters. The topological polar surface area (TPSA) is 138 Å². The Morgan fingerprint density at radius 2 is 2.05 bits per heavy atom. The van der Waals surface area contributed by atoms with Crippen molar-refractivity contribution in [2.45, 2.75) is 11.8 Å². The van der Waals surface area contributed by atoms with Crippen molar-refractivity contribution in [3.63, 3.8) is 0 Å². The molecule has 0 aliphatic rings. The van der Waals surface area contributed by atoms with E-state index in [0.29, 0.717) is 6.61 Å². The number of amides is 1. The second kappa shape index (κ2) is 5.65. The van der Waals surface area contributed by atoms with Gasteiger partial charge in [0.1, 0.15) is 18.0 Å². The predicted octanol–water partition coefficient (Wildman–Crippen LogP) is -0.759. The zero-order chi connectivity index (χ0) is 14.6. The minimum absolute atomic E-state index is 0.0793. The van der Waals surface area contributed by atoms with Crippen LogP contribution in [0.15, 0.2) is 22.2 Å². The number of rotatable bonds is 5. The summed E-state index contributed by atoms with van der Waals surface area (Å²) in [6.07, 6.45) is 0.952. The summed E-state index contributed by atoms with van der Waals surface area (Å²) in [5.74, 6) is -1.05. The maximum atomic E-state index is 11.5. The third-order valence-corrected chi connectivity index (χ3v) is 3.17. The molecule has 0 fully saturated rings. The lowest BCUT2D eigenvalue weighted by molar-refractivity contribution is 0.0992. The van der Waals surface area contributed by atoms with Crippen molar-refractivity contribution in [3.05, 3.63) is 23.5 Å². The minimum atomic E-state index is -3.61. The highest BCUT2D eigenvalue weighted by Gasteiger charge is 2.20. The summed E-state index contributed by atoms with van der Waals surface area (Å²) < 4.78 is 23.0. The number of amidine groups is 1. The Bertz CT molecular complexity index is 624. The first-order chi connectivity index (χ1) is 8.77. The van der Waals surface area contributed by atoms with Crippen molar-refractivity contribution in [2.24, 2.45) is 16.6 Å². The molecule has 0 aliphatic carbocycles. The molecule has 0 aliphatic heterocycles. The molecule has 0 saturated heterocycles.